The van der Waals surface area contributed by atoms with Crippen LogP contribution in [-0.2, 0) is 12.5 Å². The van der Waals surface area contributed by atoms with E-state index in [1.54, 1.807) is 0 Å². The van der Waals surface area contributed by atoms with Crippen LogP contribution in [0.3, 0.4) is 0 Å². The maximum atomic E-state index is 6.13. The first-order chi connectivity index (χ1) is 8.77. The Balaban J connectivity index is 2.17. The normalized spacial score (nSPS) is 19.2. The standard InChI is InChI=1S/C15H21N3/c1-18-11-17-14-12(6-5-7-13(14)18)15(10-16)8-3-2-4-9-15/h5-7,11H,2-4,8-10,16H2,1H3. The van der Waals surface area contributed by atoms with Crippen molar-refractivity contribution in [3.8, 4) is 0 Å². The first-order valence-corrected chi connectivity index (χ1v) is 6.87. The second-order valence-electron chi connectivity index (χ2n) is 5.57. The Kier molecular flexibility index (Phi) is 2.86. The molecule has 1 aliphatic rings. The number of rotatable bonds is 2. The lowest BCUT2D eigenvalue weighted by Gasteiger charge is -2.37. The van der Waals surface area contributed by atoms with Gasteiger partial charge in [0.1, 0.15) is 0 Å². The highest BCUT2D eigenvalue weighted by molar-refractivity contribution is 5.80. The summed E-state index contributed by atoms with van der Waals surface area (Å²) in [5.74, 6) is 0. The molecule has 2 aromatic rings. The van der Waals surface area contributed by atoms with Crippen molar-refractivity contribution in [3.05, 3.63) is 30.1 Å². The molecule has 1 aliphatic carbocycles. The van der Waals surface area contributed by atoms with E-state index < -0.39 is 0 Å². The van der Waals surface area contributed by atoms with Gasteiger partial charge in [0.05, 0.1) is 17.4 Å². The summed E-state index contributed by atoms with van der Waals surface area (Å²) in [4.78, 5) is 4.59. The van der Waals surface area contributed by atoms with Crippen LogP contribution >= 0.6 is 0 Å². The fraction of sp³-hybridized carbons (Fsp3) is 0.533. The molecule has 1 saturated carbocycles. The van der Waals surface area contributed by atoms with Crippen LogP contribution in [0.1, 0.15) is 37.7 Å². The summed E-state index contributed by atoms with van der Waals surface area (Å²) in [6.45, 7) is 0.739. The summed E-state index contributed by atoms with van der Waals surface area (Å²) in [6, 6.07) is 6.51. The molecule has 0 atom stereocenters. The van der Waals surface area contributed by atoms with Crippen LogP contribution in [0, 0.1) is 0 Å². The van der Waals surface area contributed by atoms with Gasteiger partial charge < -0.3 is 10.3 Å². The summed E-state index contributed by atoms with van der Waals surface area (Å²) in [7, 11) is 2.05. The Morgan fingerprint density at radius 2 is 2.06 bits per heavy atom. The van der Waals surface area contributed by atoms with Crippen LogP contribution in [0.4, 0.5) is 0 Å². The molecule has 3 nitrogen and oxygen atoms in total. The summed E-state index contributed by atoms with van der Waals surface area (Å²) < 4.78 is 2.09. The lowest BCUT2D eigenvalue weighted by Crippen LogP contribution is -2.37. The Hall–Kier alpha value is -1.35. The molecule has 1 aromatic heterocycles. The van der Waals surface area contributed by atoms with E-state index in [2.05, 4.69) is 34.8 Å². The van der Waals surface area contributed by atoms with Crippen LogP contribution in [-0.4, -0.2) is 16.1 Å². The topological polar surface area (TPSA) is 43.8 Å². The number of fused-ring (bicyclic) bond motifs is 1. The lowest BCUT2D eigenvalue weighted by atomic mass is 9.69. The number of nitrogens with two attached hydrogens (primary N) is 1. The van der Waals surface area contributed by atoms with Crippen molar-refractivity contribution < 1.29 is 0 Å². The predicted octanol–water partition coefficient (Wildman–Crippen LogP) is 2.73. The summed E-state index contributed by atoms with van der Waals surface area (Å²) in [5.41, 5.74) is 10.0. The monoisotopic (exact) mass is 243 g/mol. The average molecular weight is 243 g/mol. The van der Waals surface area contributed by atoms with Crippen molar-refractivity contribution in [2.75, 3.05) is 6.54 Å². The molecule has 18 heavy (non-hydrogen) atoms. The summed E-state index contributed by atoms with van der Waals surface area (Å²) in [5, 5.41) is 0. The third-order valence-corrected chi connectivity index (χ3v) is 4.53. The van der Waals surface area contributed by atoms with Gasteiger partial charge in [0.15, 0.2) is 0 Å². The molecule has 0 spiro atoms. The average Bonchev–Trinajstić information content (AvgIpc) is 2.81. The molecule has 3 rings (SSSR count). The molecule has 2 N–H and O–H groups in total. The van der Waals surface area contributed by atoms with Crippen molar-refractivity contribution in [3.63, 3.8) is 0 Å². The maximum absolute atomic E-state index is 6.13. The number of aryl methyl sites for hydroxylation is 1. The quantitative estimate of drug-likeness (QED) is 0.881. The minimum absolute atomic E-state index is 0.159. The Morgan fingerprint density at radius 1 is 1.28 bits per heavy atom. The third-order valence-electron chi connectivity index (χ3n) is 4.53. The number of benzene rings is 1. The van der Waals surface area contributed by atoms with Crippen LogP contribution < -0.4 is 5.73 Å². The number of nitrogens with zero attached hydrogens (tertiary/aromatic N) is 2. The molecule has 0 aliphatic heterocycles. The van der Waals surface area contributed by atoms with E-state index in [9.17, 15) is 0 Å². The van der Waals surface area contributed by atoms with Gasteiger partial charge in [-0.3, -0.25) is 0 Å². The molecule has 0 saturated heterocycles. The van der Waals surface area contributed by atoms with Gasteiger partial charge in [-0.25, -0.2) is 4.98 Å². The lowest BCUT2D eigenvalue weighted by molar-refractivity contribution is 0.302. The molecule has 1 heterocycles. The first-order valence-electron chi connectivity index (χ1n) is 6.87. The number of aromatic nitrogens is 2. The molecule has 0 bridgehead atoms. The van der Waals surface area contributed by atoms with E-state index >= 15 is 0 Å². The third kappa shape index (κ3) is 1.65. The van der Waals surface area contributed by atoms with E-state index in [-0.39, 0.29) is 5.41 Å². The van der Waals surface area contributed by atoms with Crippen molar-refractivity contribution >= 4 is 11.0 Å². The van der Waals surface area contributed by atoms with Gasteiger partial charge in [-0.1, -0.05) is 31.4 Å². The number of hydrogen-bond donors (Lipinski definition) is 1. The van der Waals surface area contributed by atoms with Crippen LogP contribution in [0.15, 0.2) is 24.5 Å². The highest BCUT2D eigenvalue weighted by atomic mass is 15.0. The molecular formula is C15H21N3. The predicted molar refractivity (Wildman–Crippen MR) is 74.5 cm³/mol. The smallest absolute Gasteiger partial charge is 0.0955 e. The van der Waals surface area contributed by atoms with Gasteiger partial charge in [-0.2, -0.15) is 0 Å². The molecule has 1 aromatic carbocycles. The van der Waals surface area contributed by atoms with Crippen molar-refractivity contribution in [2.45, 2.75) is 37.5 Å². The Bertz CT molecular complexity index is 550. The fourth-order valence-electron chi connectivity index (χ4n) is 3.40. The number of hydrogen-bond acceptors (Lipinski definition) is 2. The maximum Gasteiger partial charge on any atom is 0.0955 e. The van der Waals surface area contributed by atoms with Gasteiger partial charge in [0, 0.05) is 19.0 Å². The molecule has 0 amide bonds. The molecule has 96 valence electrons. The highest BCUT2D eigenvalue weighted by Crippen LogP contribution is 2.40. The zero-order chi connectivity index (χ0) is 12.6. The van der Waals surface area contributed by atoms with E-state index in [0.717, 1.165) is 12.1 Å². The number of imidazole rings is 1. The molecule has 0 radical (unpaired) electrons. The van der Waals surface area contributed by atoms with Gasteiger partial charge in [-0.05, 0) is 24.5 Å². The Labute approximate surface area is 108 Å². The van der Waals surface area contributed by atoms with Gasteiger partial charge in [0.2, 0.25) is 0 Å². The molecule has 3 heteroatoms. The summed E-state index contributed by atoms with van der Waals surface area (Å²) in [6.07, 6.45) is 8.25. The highest BCUT2D eigenvalue weighted by Gasteiger charge is 2.34. The zero-order valence-electron chi connectivity index (χ0n) is 11.0. The van der Waals surface area contributed by atoms with Crippen molar-refractivity contribution in [1.29, 1.82) is 0 Å². The van der Waals surface area contributed by atoms with E-state index in [1.165, 1.54) is 43.2 Å². The number of para-hydroxylation sites is 1. The van der Waals surface area contributed by atoms with Crippen LogP contribution in [0.25, 0.3) is 11.0 Å². The van der Waals surface area contributed by atoms with Crippen LogP contribution in [0.2, 0.25) is 0 Å². The molecule has 0 unspecified atom stereocenters. The van der Waals surface area contributed by atoms with Gasteiger partial charge in [0.25, 0.3) is 0 Å². The van der Waals surface area contributed by atoms with Crippen molar-refractivity contribution in [2.24, 2.45) is 12.8 Å². The van der Waals surface area contributed by atoms with Crippen LogP contribution in [0.5, 0.6) is 0 Å². The van der Waals surface area contributed by atoms with Gasteiger partial charge >= 0.3 is 0 Å². The SMILES string of the molecule is Cn1cnc2c(C3(CN)CCCCC3)cccc21. The Morgan fingerprint density at radius 3 is 2.78 bits per heavy atom. The largest absolute Gasteiger partial charge is 0.334 e. The first kappa shape index (κ1) is 11.7. The summed E-state index contributed by atoms with van der Waals surface area (Å²) >= 11 is 0. The second-order valence-corrected chi connectivity index (χ2v) is 5.57. The van der Waals surface area contributed by atoms with Crippen molar-refractivity contribution in [1.82, 2.24) is 9.55 Å². The van der Waals surface area contributed by atoms with E-state index in [4.69, 9.17) is 5.73 Å². The minimum Gasteiger partial charge on any atom is -0.334 e. The van der Waals surface area contributed by atoms with Gasteiger partial charge in [-0.15, -0.1) is 0 Å². The minimum atomic E-state index is 0.159. The second kappa shape index (κ2) is 4.39. The zero-order valence-corrected chi connectivity index (χ0v) is 11.0. The van der Waals surface area contributed by atoms with E-state index in [0.29, 0.717) is 0 Å². The molecular weight excluding hydrogens is 222 g/mol. The molecule has 1 fully saturated rings. The fourth-order valence-corrected chi connectivity index (χ4v) is 3.40. The van der Waals surface area contributed by atoms with E-state index in [1.807, 2.05) is 6.33 Å².